The van der Waals surface area contributed by atoms with Crippen LogP contribution in [0.15, 0.2) is 12.1 Å². The van der Waals surface area contributed by atoms with Gasteiger partial charge in [-0.2, -0.15) is 0 Å². The smallest absolute Gasteiger partial charge is 0.283 e. The van der Waals surface area contributed by atoms with Crippen LogP contribution >= 0.6 is 0 Å². The second kappa shape index (κ2) is 6.14. The van der Waals surface area contributed by atoms with E-state index in [1.54, 1.807) is 6.92 Å². The average Bonchev–Trinajstić information content (AvgIpc) is 2.37. The van der Waals surface area contributed by atoms with Gasteiger partial charge in [0.05, 0.1) is 29.8 Å². The van der Waals surface area contributed by atoms with Gasteiger partial charge in [0.25, 0.3) is 5.69 Å². The van der Waals surface area contributed by atoms with Crippen LogP contribution in [0, 0.1) is 10.1 Å². The Hall–Kier alpha value is -2.15. The standard InChI is InChI=1S/C12H15NO6/c1-7(15)8(2)19-12-5-10(13(16)17)9(6-14)4-11(12)18-3/h4-8,15H,1-3H3. The van der Waals surface area contributed by atoms with Crippen LogP contribution in [0.25, 0.3) is 0 Å². The Morgan fingerprint density at radius 2 is 2.00 bits per heavy atom. The molecule has 0 aliphatic carbocycles. The molecule has 0 saturated carbocycles. The van der Waals surface area contributed by atoms with Gasteiger partial charge in [0, 0.05) is 6.07 Å². The second-order valence-corrected chi connectivity index (χ2v) is 4.00. The summed E-state index contributed by atoms with van der Waals surface area (Å²) in [5.74, 6) is 0.299. The summed E-state index contributed by atoms with van der Waals surface area (Å²) in [6.07, 6.45) is -0.951. The molecule has 104 valence electrons. The SMILES string of the molecule is COc1cc(C=O)c([N+](=O)[O-])cc1OC(C)C(C)O. The third-order valence-corrected chi connectivity index (χ3v) is 2.63. The first-order valence-electron chi connectivity index (χ1n) is 5.57. The third-order valence-electron chi connectivity index (χ3n) is 2.63. The van der Waals surface area contributed by atoms with Crippen LogP contribution in [-0.2, 0) is 0 Å². The molecule has 7 heteroatoms. The molecule has 0 radical (unpaired) electrons. The van der Waals surface area contributed by atoms with Crippen molar-refractivity contribution in [2.24, 2.45) is 0 Å². The summed E-state index contributed by atoms with van der Waals surface area (Å²) in [7, 11) is 1.36. The minimum Gasteiger partial charge on any atom is -0.493 e. The highest BCUT2D eigenvalue weighted by Crippen LogP contribution is 2.34. The number of hydrogen-bond acceptors (Lipinski definition) is 6. The van der Waals surface area contributed by atoms with Crippen LogP contribution in [0.1, 0.15) is 24.2 Å². The summed E-state index contributed by atoms with van der Waals surface area (Å²) >= 11 is 0. The Bertz CT molecular complexity index is 485. The molecule has 1 N–H and O–H groups in total. The van der Waals surface area contributed by atoms with Crippen molar-refractivity contribution >= 4 is 12.0 Å². The number of ether oxygens (including phenoxy) is 2. The molecule has 0 amide bonds. The molecule has 7 nitrogen and oxygen atoms in total. The number of carbonyl (C=O) groups is 1. The van der Waals surface area contributed by atoms with Crippen LogP contribution in [0.2, 0.25) is 0 Å². The van der Waals surface area contributed by atoms with Gasteiger partial charge in [-0.1, -0.05) is 0 Å². The van der Waals surface area contributed by atoms with Crippen molar-refractivity contribution in [2.75, 3.05) is 7.11 Å². The minimum atomic E-state index is -0.755. The zero-order valence-corrected chi connectivity index (χ0v) is 10.8. The number of rotatable bonds is 6. The Morgan fingerprint density at radius 1 is 1.37 bits per heavy atom. The normalized spacial score (nSPS) is 13.5. The maximum atomic E-state index is 10.9. The average molecular weight is 269 g/mol. The molecule has 2 unspecified atom stereocenters. The summed E-state index contributed by atoms with van der Waals surface area (Å²) < 4.78 is 10.4. The molecule has 0 aliphatic rings. The fourth-order valence-electron chi connectivity index (χ4n) is 1.37. The molecular formula is C12H15NO6. The summed E-state index contributed by atoms with van der Waals surface area (Å²) in [4.78, 5) is 21.0. The molecule has 0 saturated heterocycles. The van der Waals surface area contributed by atoms with Gasteiger partial charge in [0.15, 0.2) is 17.8 Å². The van der Waals surface area contributed by atoms with Crippen molar-refractivity contribution in [3.05, 3.63) is 27.8 Å². The number of aliphatic hydroxyl groups excluding tert-OH is 1. The number of nitrogens with zero attached hydrogens (tertiary/aromatic N) is 1. The Kier molecular flexibility index (Phi) is 4.82. The first-order valence-corrected chi connectivity index (χ1v) is 5.57. The van der Waals surface area contributed by atoms with E-state index in [4.69, 9.17) is 9.47 Å². The number of hydrogen-bond donors (Lipinski definition) is 1. The topological polar surface area (TPSA) is 98.9 Å². The molecule has 1 aromatic carbocycles. The summed E-state index contributed by atoms with van der Waals surface area (Å²) in [5, 5.41) is 20.2. The molecule has 0 spiro atoms. The molecule has 0 fully saturated rings. The van der Waals surface area contributed by atoms with E-state index in [1.165, 1.54) is 20.1 Å². The third kappa shape index (κ3) is 3.41. The lowest BCUT2D eigenvalue weighted by Gasteiger charge is -2.19. The van der Waals surface area contributed by atoms with Gasteiger partial charge >= 0.3 is 0 Å². The molecule has 0 aliphatic heterocycles. The van der Waals surface area contributed by atoms with Gasteiger partial charge in [0.1, 0.15) is 6.10 Å². The van der Waals surface area contributed by atoms with E-state index < -0.39 is 17.1 Å². The van der Waals surface area contributed by atoms with E-state index in [0.717, 1.165) is 6.07 Å². The number of aldehydes is 1. The van der Waals surface area contributed by atoms with E-state index in [0.29, 0.717) is 6.29 Å². The largest absolute Gasteiger partial charge is 0.493 e. The van der Waals surface area contributed by atoms with Gasteiger partial charge < -0.3 is 14.6 Å². The molecule has 1 aromatic rings. The molecule has 2 atom stereocenters. The maximum absolute atomic E-state index is 10.9. The van der Waals surface area contributed by atoms with E-state index in [9.17, 15) is 20.0 Å². The number of nitro groups is 1. The van der Waals surface area contributed by atoms with Crippen molar-refractivity contribution < 1.29 is 24.3 Å². The lowest BCUT2D eigenvalue weighted by Crippen LogP contribution is -2.25. The first-order chi connectivity index (χ1) is 8.90. The molecule has 0 heterocycles. The molecule has 0 bridgehead atoms. The van der Waals surface area contributed by atoms with Crippen LogP contribution in [-0.4, -0.2) is 35.6 Å². The van der Waals surface area contributed by atoms with Crippen molar-refractivity contribution in [2.45, 2.75) is 26.1 Å². The number of benzene rings is 1. The molecule has 19 heavy (non-hydrogen) atoms. The molecular weight excluding hydrogens is 254 g/mol. The number of methoxy groups -OCH3 is 1. The van der Waals surface area contributed by atoms with E-state index in [2.05, 4.69) is 0 Å². The lowest BCUT2D eigenvalue weighted by molar-refractivity contribution is -0.385. The first kappa shape index (κ1) is 14.9. The fourth-order valence-corrected chi connectivity index (χ4v) is 1.37. The monoisotopic (exact) mass is 269 g/mol. The van der Waals surface area contributed by atoms with Crippen molar-refractivity contribution in [3.8, 4) is 11.5 Å². The zero-order valence-electron chi connectivity index (χ0n) is 10.8. The number of carbonyl (C=O) groups excluding carboxylic acids is 1. The quantitative estimate of drug-likeness (QED) is 0.478. The van der Waals surface area contributed by atoms with Crippen molar-refractivity contribution in [1.29, 1.82) is 0 Å². The van der Waals surface area contributed by atoms with E-state index in [1.807, 2.05) is 0 Å². The van der Waals surface area contributed by atoms with Crippen LogP contribution in [0.5, 0.6) is 11.5 Å². The molecule has 1 rings (SSSR count). The minimum absolute atomic E-state index is 0.0982. The highest BCUT2D eigenvalue weighted by molar-refractivity contribution is 5.83. The van der Waals surface area contributed by atoms with Gasteiger partial charge in [0.2, 0.25) is 0 Å². The highest BCUT2D eigenvalue weighted by Gasteiger charge is 2.21. The van der Waals surface area contributed by atoms with Gasteiger partial charge in [-0.05, 0) is 13.8 Å². The van der Waals surface area contributed by atoms with Gasteiger partial charge in [-0.25, -0.2) is 0 Å². The summed E-state index contributed by atoms with van der Waals surface area (Å²) in [5.41, 5.74) is -0.470. The van der Waals surface area contributed by atoms with E-state index >= 15 is 0 Å². The Balaban J connectivity index is 3.25. The van der Waals surface area contributed by atoms with E-state index in [-0.39, 0.29) is 22.7 Å². The van der Waals surface area contributed by atoms with Crippen molar-refractivity contribution in [1.82, 2.24) is 0 Å². The van der Waals surface area contributed by atoms with Crippen molar-refractivity contribution in [3.63, 3.8) is 0 Å². The fraction of sp³-hybridized carbons (Fsp3) is 0.417. The summed E-state index contributed by atoms with van der Waals surface area (Å²) in [6, 6.07) is 2.34. The Labute approximate surface area is 109 Å². The van der Waals surface area contributed by atoms with Crippen LogP contribution in [0.4, 0.5) is 5.69 Å². The van der Waals surface area contributed by atoms with Gasteiger partial charge in [-0.15, -0.1) is 0 Å². The number of nitro benzene ring substituents is 1. The number of aliphatic hydroxyl groups is 1. The highest BCUT2D eigenvalue weighted by atomic mass is 16.6. The van der Waals surface area contributed by atoms with Crippen LogP contribution in [0.3, 0.4) is 0 Å². The lowest BCUT2D eigenvalue weighted by atomic mass is 10.1. The predicted molar refractivity (Wildman–Crippen MR) is 66.8 cm³/mol. The molecule has 0 aromatic heterocycles. The zero-order chi connectivity index (χ0) is 14.6. The van der Waals surface area contributed by atoms with Gasteiger partial charge in [-0.3, -0.25) is 14.9 Å². The van der Waals surface area contributed by atoms with Crippen LogP contribution < -0.4 is 9.47 Å². The predicted octanol–water partition coefficient (Wildman–Crippen LogP) is 1.56. The Morgan fingerprint density at radius 3 is 2.42 bits per heavy atom. The summed E-state index contributed by atoms with van der Waals surface area (Å²) in [6.45, 7) is 3.15. The maximum Gasteiger partial charge on any atom is 0.283 e. The second-order valence-electron chi connectivity index (χ2n) is 4.00.